The van der Waals surface area contributed by atoms with E-state index >= 15 is 0 Å². The van der Waals surface area contributed by atoms with Gasteiger partial charge in [-0.3, -0.25) is 0 Å². The molecule has 5 nitrogen and oxygen atoms in total. The average Bonchev–Trinajstić information content (AvgIpc) is 3.04. The van der Waals surface area contributed by atoms with E-state index in [0.717, 1.165) is 34.6 Å². The number of hydrogen-bond donors (Lipinski definition) is 1. The predicted octanol–water partition coefficient (Wildman–Crippen LogP) is 4.12. The van der Waals surface area contributed by atoms with Crippen molar-refractivity contribution in [2.24, 2.45) is 11.1 Å². The smallest absolute Gasteiger partial charge is 0.147 e. The third-order valence-corrected chi connectivity index (χ3v) is 6.92. The minimum atomic E-state index is 0.380. The fourth-order valence-electron chi connectivity index (χ4n) is 4.41. The summed E-state index contributed by atoms with van der Waals surface area (Å²) in [5.74, 6) is 1.86. The Balaban J connectivity index is 1.37. The molecular weight excluding hydrogens is 356 g/mol. The van der Waals surface area contributed by atoms with E-state index in [2.05, 4.69) is 20.9 Å². The summed E-state index contributed by atoms with van der Waals surface area (Å²) in [4.78, 5) is 12.8. The molecule has 1 atom stereocenters. The van der Waals surface area contributed by atoms with E-state index < -0.39 is 0 Å². The molecule has 2 fully saturated rings. The van der Waals surface area contributed by atoms with Crippen LogP contribution in [0.4, 0.5) is 5.82 Å². The van der Waals surface area contributed by atoms with Crippen molar-refractivity contribution in [2.75, 3.05) is 24.6 Å². The summed E-state index contributed by atoms with van der Waals surface area (Å²) < 4.78 is 5.56. The normalized spacial score (nSPS) is 21.6. The third-order valence-electron chi connectivity index (χ3n) is 6.01. The van der Waals surface area contributed by atoms with Gasteiger partial charge in [-0.05, 0) is 56.2 Å². The van der Waals surface area contributed by atoms with Crippen molar-refractivity contribution in [2.45, 2.75) is 55.0 Å². The summed E-state index contributed by atoms with van der Waals surface area (Å²) in [6, 6.07) is 8.47. The lowest BCUT2D eigenvalue weighted by atomic mass is 9.74. The van der Waals surface area contributed by atoms with Gasteiger partial charge >= 0.3 is 0 Å². The minimum absolute atomic E-state index is 0.380. The second-order valence-electron chi connectivity index (χ2n) is 7.57. The second kappa shape index (κ2) is 8.07. The van der Waals surface area contributed by atoms with E-state index in [-0.39, 0.29) is 0 Å². The van der Waals surface area contributed by atoms with Gasteiger partial charge in [0.25, 0.3) is 0 Å². The Morgan fingerprint density at radius 2 is 2.07 bits per heavy atom. The number of aromatic nitrogens is 2. The molecule has 1 aliphatic carbocycles. The van der Waals surface area contributed by atoms with E-state index in [1.165, 1.54) is 32.1 Å². The molecule has 1 aliphatic heterocycles. The molecule has 2 N–H and O–H groups in total. The molecule has 4 rings (SSSR count). The Bertz CT molecular complexity index is 759. The maximum atomic E-state index is 6.39. The predicted molar refractivity (Wildman–Crippen MR) is 109 cm³/mol. The molecule has 1 saturated carbocycles. The number of benzene rings is 1. The fraction of sp³-hybridized carbons (Fsp3) is 0.524. The highest BCUT2D eigenvalue weighted by Gasteiger charge is 2.42. The molecule has 6 heteroatoms. The van der Waals surface area contributed by atoms with Gasteiger partial charge in [0.1, 0.15) is 16.6 Å². The first-order chi connectivity index (χ1) is 13.2. The standard InChI is InChI=1S/C21H28N4OS/c1-2-26-16-5-3-6-17(13-16)27-20-15-23-19(14-24-20)25-11-9-21(10-12-25)8-4-7-18(21)22/h3,5-6,13-15,18H,2,4,7-12,22H2,1H3/t18-/m1/s1. The maximum Gasteiger partial charge on any atom is 0.147 e. The van der Waals surface area contributed by atoms with Crippen LogP contribution in [0.2, 0.25) is 0 Å². The molecule has 0 radical (unpaired) electrons. The summed E-state index contributed by atoms with van der Waals surface area (Å²) in [6.45, 7) is 4.73. The number of nitrogens with zero attached hydrogens (tertiary/aromatic N) is 3. The zero-order chi connectivity index (χ0) is 18.7. The van der Waals surface area contributed by atoms with Crippen LogP contribution in [0.5, 0.6) is 5.75 Å². The number of rotatable bonds is 5. The Labute approximate surface area is 165 Å². The highest BCUT2D eigenvalue weighted by Crippen LogP contribution is 2.45. The van der Waals surface area contributed by atoms with Crippen molar-refractivity contribution in [3.8, 4) is 5.75 Å². The zero-order valence-electron chi connectivity index (χ0n) is 15.9. The lowest BCUT2D eigenvalue weighted by Crippen LogP contribution is -2.47. The molecule has 1 aromatic carbocycles. The van der Waals surface area contributed by atoms with Gasteiger partial charge in [0, 0.05) is 24.0 Å². The largest absolute Gasteiger partial charge is 0.494 e. The number of hydrogen-bond acceptors (Lipinski definition) is 6. The lowest BCUT2D eigenvalue weighted by Gasteiger charge is -2.42. The lowest BCUT2D eigenvalue weighted by molar-refractivity contribution is 0.197. The Hall–Kier alpha value is -1.79. The first kappa shape index (κ1) is 18.6. The van der Waals surface area contributed by atoms with Gasteiger partial charge in [-0.2, -0.15) is 0 Å². The number of piperidine rings is 1. The molecule has 2 aliphatic rings. The number of anilines is 1. The van der Waals surface area contributed by atoms with Crippen molar-refractivity contribution in [1.29, 1.82) is 0 Å². The van der Waals surface area contributed by atoms with Gasteiger partial charge < -0.3 is 15.4 Å². The van der Waals surface area contributed by atoms with Crippen LogP contribution in [0.25, 0.3) is 0 Å². The van der Waals surface area contributed by atoms with Crippen molar-refractivity contribution in [3.63, 3.8) is 0 Å². The van der Waals surface area contributed by atoms with E-state index in [9.17, 15) is 0 Å². The summed E-state index contributed by atoms with van der Waals surface area (Å²) >= 11 is 1.61. The number of ether oxygens (including phenoxy) is 1. The van der Waals surface area contributed by atoms with E-state index in [0.29, 0.717) is 18.1 Å². The van der Waals surface area contributed by atoms with Gasteiger partial charge in [-0.25, -0.2) is 9.97 Å². The Morgan fingerprint density at radius 3 is 2.74 bits per heavy atom. The zero-order valence-corrected chi connectivity index (χ0v) is 16.8. The minimum Gasteiger partial charge on any atom is -0.494 e. The third kappa shape index (κ3) is 4.06. The van der Waals surface area contributed by atoms with Crippen LogP contribution in [0.3, 0.4) is 0 Å². The molecule has 144 valence electrons. The van der Waals surface area contributed by atoms with E-state index in [1.807, 2.05) is 37.5 Å². The van der Waals surface area contributed by atoms with Gasteiger partial charge in [0.2, 0.25) is 0 Å². The molecule has 27 heavy (non-hydrogen) atoms. The van der Waals surface area contributed by atoms with Crippen LogP contribution in [-0.2, 0) is 0 Å². The van der Waals surface area contributed by atoms with Gasteiger partial charge in [0.05, 0.1) is 19.0 Å². The average molecular weight is 385 g/mol. The van der Waals surface area contributed by atoms with E-state index in [4.69, 9.17) is 10.5 Å². The van der Waals surface area contributed by atoms with Crippen LogP contribution in [0.15, 0.2) is 46.6 Å². The Kier molecular flexibility index (Phi) is 5.55. The Morgan fingerprint density at radius 1 is 1.22 bits per heavy atom. The van der Waals surface area contributed by atoms with Gasteiger partial charge in [-0.15, -0.1) is 0 Å². The SMILES string of the molecule is CCOc1cccc(Sc2cnc(N3CCC4(CCC[C@H]4N)CC3)cn2)c1. The molecule has 0 unspecified atom stereocenters. The summed E-state index contributed by atoms with van der Waals surface area (Å²) in [7, 11) is 0. The van der Waals surface area contributed by atoms with Crippen LogP contribution in [-0.4, -0.2) is 35.7 Å². The highest BCUT2D eigenvalue weighted by molar-refractivity contribution is 7.99. The molecule has 1 saturated heterocycles. The van der Waals surface area contributed by atoms with Crippen molar-refractivity contribution in [1.82, 2.24) is 9.97 Å². The van der Waals surface area contributed by atoms with Crippen LogP contribution < -0.4 is 15.4 Å². The van der Waals surface area contributed by atoms with Crippen molar-refractivity contribution < 1.29 is 4.74 Å². The van der Waals surface area contributed by atoms with Crippen LogP contribution in [0.1, 0.15) is 39.0 Å². The van der Waals surface area contributed by atoms with E-state index in [1.54, 1.807) is 11.8 Å². The maximum absolute atomic E-state index is 6.39. The monoisotopic (exact) mass is 384 g/mol. The van der Waals surface area contributed by atoms with Gasteiger partial charge in [0.15, 0.2) is 0 Å². The second-order valence-corrected chi connectivity index (χ2v) is 8.66. The quantitative estimate of drug-likeness (QED) is 0.836. The first-order valence-corrected chi connectivity index (χ1v) is 10.7. The first-order valence-electron chi connectivity index (χ1n) is 9.92. The molecule has 0 amide bonds. The summed E-state index contributed by atoms with van der Waals surface area (Å²) in [5.41, 5.74) is 6.77. The highest BCUT2D eigenvalue weighted by atomic mass is 32.2. The summed E-state index contributed by atoms with van der Waals surface area (Å²) in [5, 5.41) is 0.902. The van der Waals surface area contributed by atoms with Gasteiger partial charge in [-0.1, -0.05) is 24.2 Å². The van der Waals surface area contributed by atoms with Crippen LogP contribution >= 0.6 is 11.8 Å². The molecule has 2 heterocycles. The van der Waals surface area contributed by atoms with Crippen molar-refractivity contribution >= 4 is 17.6 Å². The number of nitrogens with two attached hydrogens (primary N) is 1. The molecule has 1 spiro atoms. The summed E-state index contributed by atoms with van der Waals surface area (Å²) in [6.07, 6.45) is 9.91. The van der Waals surface area contributed by atoms with Crippen LogP contribution in [0, 0.1) is 5.41 Å². The molecular formula is C21H28N4OS. The molecule has 0 bridgehead atoms. The molecule has 1 aromatic heterocycles. The topological polar surface area (TPSA) is 64.3 Å². The molecule has 2 aromatic rings. The fourth-order valence-corrected chi connectivity index (χ4v) is 5.18. The van der Waals surface area contributed by atoms with Crippen molar-refractivity contribution in [3.05, 3.63) is 36.7 Å².